The fraction of sp³-hybridized carbons (Fsp3) is 0.833. The monoisotopic (exact) mass is 228 g/mol. The van der Waals surface area contributed by atoms with Crippen molar-refractivity contribution in [1.82, 2.24) is 0 Å². The van der Waals surface area contributed by atoms with Gasteiger partial charge in [0.15, 0.2) is 5.41 Å². The number of carboxylic acid groups (broad SMARTS) is 2. The van der Waals surface area contributed by atoms with Gasteiger partial charge in [-0.15, -0.1) is 0 Å². The fourth-order valence-electron chi connectivity index (χ4n) is 2.96. The summed E-state index contributed by atoms with van der Waals surface area (Å²) in [6.07, 6.45) is 4.41. The van der Waals surface area contributed by atoms with Crippen molar-refractivity contribution in [2.45, 2.75) is 46.0 Å². The molecule has 1 saturated carbocycles. The van der Waals surface area contributed by atoms with Crippen LogP contribution in [0.25, 0.3) is 0 Å². The molecule has 0 heterocycles. The molecule has 92 valence electrons. The molecule has 4 heteroatoms. The van der Waals surface area contributed by atoms with Gasteiger partial charge in [-0.25, -0.2) is 0 Å². The maximum atomic E-state index is 11.4. The van der Waals surface area contributed by atoms with Crippen LogP contribution in [0.4, 0.5) is 0 Å². The van der Waals surface area contributed by atoms with Gasteiger partial charge in [0.05, 0.1) is 0 Å². The second-order valence-corrected chi connectivity index (χ2v) is 4.97. The lowest BCUT2D eigenvalue weighted by molar-refractivity contribution is -0.175. The Balaban J connectivity index is 3.09. The number of carboxylic acids is 2. The van der Waals surface area contributed by atoms with E-state index in [0.29, 0.717) is 0 Å². The summed E-state index contributed by atoms with van der Waals surface area (Å²) in [5.41, 5.74) is -1.60. The van der Waals surface area contributed by atoms with E-state index in [-0.39, 0.29) is 11.8 Å². The zero-order valence-electron chi connectivity index (χ0n) is 9.90. The van der Waals surface area contributed by atoms with E-state index in [1.165, 1.54) is 0 Å². The molecule has 0 atom stereocenters. The number of carbonyl (C=O) groups is 2. The SMILES string of the molecule is CC(C)C(C(=O)O)(C(=O)O)C1CCCCC1. The lowest BCUT2D eigenvalue weighted by atomic mass is 9.63. The molecule has 0 saturated heterocycles. The summed E-state index contributed by atoms with van der Waals surface area (Å²) < 4.78 is 0. The molecule has 0 unspecified atom stereocenters. The third-order valence-electron chi connectivity index (χ3n) is 3.87. The van der Waals surface area contributed by atoms with Gasteiger partial charge in [0.25, 0.3) is 0 Å². The van der Waals surface area contributed by atoms with Crippen molar-refractivity contribution in [3.8, 4) is 0 Å². The van der Waals surface area contributed by atoms with Gasteiger partial charge >= 0.3 is 11.9 Å². The highest BCUT2D eigenvalue weighted by Crippen LogP contribution is 2.44. The van der Waals surface area contributed by atoms with Gasteiger partial charge in [-0.2, -0.15) is 0 Å². The quantitative estimate of drug-likeness (QED) is 0.724. The van der Waals surface area contributed by atoms with Crippen LogP contribution in [0.5, 0.6) is 0 Å². The van der Waals surface area contributed by atoms with Crippen LogP contribution in [-0.2, 0) is 9.59 Å². The molecule has 0 aromatic carbocycles. The van der Waals surface area contributed by atoms with Crippen LogP contribution in [0.15, 0.2) is 0 Å². The molecule has 0 aliphatic heterocycles. The predicted molar refractivity (Wildman–Crippen MR) is 59.1 cm³/mol. The van der Waals surface area contributed by atoms with Crippen molar-refractivity contribution < 1.29 is 19.8 Å². The first kappa shape index (κ1) is 13.0. The summed E-state index contributed by atoms with van der Waals surface area (Å²) in [6, 6.07) is 0. The first-order valence-electron chi connectivity index (χ1n) is 5.90. The molecule has 0 amide bonds. The zero-order chi connectivity index (χ0) is 12.3. The minimum atomic E-state index is -1.60. The topological polar surface area (TPSA) is 74.6 Å². The van der Waals surface area contributed by atoms with Crippen LogP contribution in [0.3, 0.4) is 0 Å². The Labute approximate surface area is 95.7 Å². The van der Waals surface area contributed by atoms with Gasteiger partial charge < -0.3 is 10.2 Å². The average Bonchev–Trinajstić information content (AvgIpc) is 2.18. The van der Waals surface area contributed by atoms with Gasteiger partial charge in [0, 0.05) is 0 Å². The average molecular weight is 228 g/mol. The van der Waals surface area contributed by atoms with E-state index in [2.05, 4.69) is 0 Å². The summed E-state index contributed by atoms with van der Waals surface area (Å²) in [7, 11) is 0. The van der Waals surface area contributed by atoms with Gasteiger partial charge in [-0.05, 0) is 24.7 Å². The maximum absolute atomic E-state index is 11.4. The molecular weight excluding hydrogens is 208 g/mol. The van der Waals surface area contributed by atoms with Crippen molar-refractivity contribution in [1.29, 1.82) is 0 Å². The molecule has 16 heavy (non-hydrogen) atoms. The summed E-state index contributed by atoms with van der Waals surface area (Å²) in [5, 5.41) is 18.7. The van der Waals surface area contributed by atoms with E-state index < -0.39 is 17.4 Å². The summed E-state index contributed by atoms with van der Waals surface area (Å²) in [5.74, 6) is -2.97. The largest absolute Gasteiger partial charge is 0.480 e. The lowest BCUT2D eigenvalue weighted by Crippen LogP contribution is -2.50. The Hall–Kier alpha value is -1.06. The van der Waals surface area contributed by atoms with E-state index >= 15 is 0 Å². The smallest absolute Gasteiger partial charge is 0.321 e. The Bertz CT molecular complexity index is 263. The van der Waals surface area contributed by atoms with E-state index in [1.54, 1.807) is 13.8 Å². The minimum Gasteiger partial charge on any atom is -0.480 e. The zero-order valence-corrected chi connectivity index (χ0v) is 9.90. The molecule has 0 aromatic heterocycles. The minimum absolute atomic E-state index is 0.226. The van der Waals surface area contributed by atoms with Crippen LogP contribution in [0.2, 0.25) is 0 Å². The Morgan fingerprint density at radius 1 is 1.06 bits per heavy atom. The molecular formula is C12H20O4. The van der Waals surface area contributed by atoms with Crippen molar-refractivity contribution in [2.24, 2.45) is 17.3 Å². The molecule has 4 nitrogen and oxygen atoms in total. The van der Waals surface area contributed by atoms with Gasteiger partial charge in [-0.1, -0.05) is 33.1 Å². The van der Waals surface area contributed by atoms with Gasteiger partial charge in [-0.3, -0.25) is 9.59 Å². The second-order valence-electron chi connectivity index (χ2n) is 4.97. The third kappa shape index (κ3) is 1.93. The highest BCUT2D eigenvalue weighted by molar-refractivity contribution is 5.99. The predicted octanol–water partition coefficient (Wildman–Crippen LogP) is 2.38. The normalized spacial score (nSPS) is 18.7. The molecule has 0 bridgehead atoms. The summed E-state index contributed by atoms with van der Waals surface area (Å²) in [6.45, 7) is 3.38. The first-order chi connectivity index (χ1) is 7.44. The number of aliphatic carboxylic acids is 2. The molecule has 2 N–H and O–H groups in total. The Morgan fingerprint density at radius 2 is 1.50 bits per heavy atom. The van der Waals surface area contributed by atoms with Crippen LogP contribution in [-0.4, -0.2) is 22.2 Å². The fourth-order valence-corrected chi connectivity index (χ4v) is 2.96. The van der Waals surface area contributed by atoms with Crippen molar-refractivity contribution in [3.05, 3.63) is 0 Å². The molecule has 1 aliphatic carbocycles. The van der Waals surface area contributed by atoms with Gasteiger partial charge in [0.1, 0.15) is 0 Å². The van der Waals surface area contributed by atoms with Crippen molar-refractivity contribution in [3.63, 3.8) is 0 Å². The lowest BCUT2D eigenvalue weighted by Gasteiger charge is -2.38. The second kappa shape index (κ2) is 4.85. The maximum Gasteiger partial charge on any atom is 0.321 e. The van der Waals surface area contributed by atoms with E-state index in [0.717, 1.165) is 32.1 Å². The molecule has 0 radical (unpaired) electrons. The van der Waals surface area contributed by atoms with Crippen LogP contribution in [0.1, 0.15) is 46.0 Å². The molecule has 1 aliphatic rings. The van der Waals surface area contributed by atoms with Gasteiger partial charge in [0.2, 0.25) is 0 Å². The summed E-state index contributed by atoms with van der Waals surface area (Å²) >= 11 is 0. The Kier molecular flexibility index (Phi) is 3.94. The van der Waals surface area contributed by atoms with E-state index in [4.69, 9.17) is 0 Å². The van der Waals surface area contributed by atoms with Crippen molar-refractivity contribution >= 4 is 11.9 Å². The molecule has 1 rings (SSSR count). The molecule has 0 aromatic rings. The Morgan fingerprint density at radius 3 is 1.81 bits per heavy atom. The third-order valence-corrected chi connectivity index (χ3v) is 3.87. The van der Waals surface area contributed by atoms with Crippen LogP contribution >= 0.6 is 0 Å². The number of hydrogen-bond donors (Lipinski definition) is 2. The molecule has 0 spiro atoms. The highest BCUT2D eigenvalue weighted by atomic mass is 16.4. The van der Waals surface area contributed by atoms with Crippen molar-refractivity contribution in [2.75, 3.05) is 0 Å². The number of hydrogen-bond acceptors (Lipinski definition) is 2. The van der Waals surface area contributed by atoms with E-state index in [1.807, 2.05) is 0 Å². The highest BCUT2D eigenvalue weighted by Gasteiger charge is 2.55. The first-order valence-corrected chi connectivity index (χ1v) is 5.90. The van der Waals surface area contributed by atoms with E-state index in [9.17, 15) is 19.8 Å². The summed E-state index contributed by atoms with van der Waals surface area (Å²) in [4.78, 5) is 22.8. The van der Waals surface area contributed by atoms with Crippen LogP contribution in [0, 0.1) is 17.3 Å². The number of rotatable bonds is 4. The standard InChI is InChI=1S/C12H20O4/c1-8(2)12(10(13)14,11(15)16)9-6-4-3-5-7-9/h8-9H,3-7H2,1-2H3,(H,13,14)(H,15,16). The van der Waals surface area contributed by atoms with Crippen LogP contribution < -0.4 is 0 Å². The molecule has 1 fully saturated rings.